The molecular formula is C6H13NO2. The van der Waals surface area contributed by atoms with Crippen LogP contribution < -0.4 is 0 Å². The van der Waals surface area contributed by atoms with Gasteiger partial charge in [-0.25, -0.2) is 0 Å². The lowest BCUT2D eigenvalue weighted by Gasteiger charge is -2.05. The predicted molar refractivity (Wildman–Crippen MR) is 35.8 cm³/mol. The molecule has 9 heavy (non-hydrogen) atoms. The van der Waals surface area contributed by atoms with Crippen molar-refractivity contribution in [3.05, 3.63) is 0 Å². The van der Waals surface area contributed by atoms with Gasteiger partial charge in [-0.05, 0) is 12.8 Å². The van der Waals surface area contributed by atoms with E-state index >= 15 is 0 Å². The summed E-state index contributed by atoms with van der Waals surface area (Å²) in [5.41, 5.74) is 0.456. The molecule has 0 aliphatic rings. The van der Waals surface area contributed by atoms with Crippen molar-refractivity contribution in [2.75, 3.05) is 0 Å². The summed E-state index contributed by atoms with van der Waals surface area (Å²) in [5, 5.41) is 20.2. The molecule has 0 radical (unpaired) electrons. The maximum atomic E-state index is 9.03. The van der Waals surface area contributed by atoms with Crippen molar-refractivity contribution in [2.45, 2.75) is 32.8 Å². The largest absolute Gasteiger partial charge is 0.411 e. The lowest BCUT2D eigenvalue weighted by atomic mass is 10.1. The van der Waals surface area contributed by atoms with Gasteiger partial charge in [-0.3, -0.25) is 0 Å². The molecule has 3 nitrogen and oxygen atoms in total. The molecule has 0 spiro atoms. The zero-order valence-electron chi connectivity index (χ0n) is 5.83. The molecule has 0 aliphatic carbocycles. The Labute approximate surface area is 55.0 Å². The average Bonchev–Trinajstić information content (AvgIpc) is 1.90. The Kier molecular flexibility index (Phi) is 4.05. The van der Waals surface area contributed by atoms with Crippen molar-refractivity contribution in [1.82, 2.24) is 0 Å². The fourth-order valence-corrected chi connectivity index (χ4v) is 0.609. The summed E-state index contributed by atoms with van der Waals surface area (Å²) < 4.78 is 0. The monoisotopic (exact) mass is 131 g/mol. The molecule has 0 saturated heterocycles. The van der Waals surface area contributed by atoms with Gasteiger partial charge in [0, 0.05) is 0 Å². The lowest BCUT2D eigenvalue weighted by molar-refractivity contribution is 0.223. The Morgan fingerprint density at radius 1 is 1.56 bits per heavy atom. The molecule has 3 heteroatoms. The van der Waals surface area contributed by atoms with E-state index in [1.165, 1.54) is 0 Å². The van der Waals surface area contributed by atoms with Crippen molar-refractivity contribution in [3.63, 3.8) is 0 Å². The summed E-state index contributed by atoms with van der Waals surface area (Å²) in [4.78, 5) is 0. The summed E-state index contributed by atoms with van der Waals surface area (Å²) in [6.45, 7) is 3.68. The van der Waals surface area contributed by atoms with Gasteiger partial charge >= 0.3 is 0 Å². The van der Waals surface area contributed by atoms with Gasteiger partial charge in [0.1, 0.15) is 0 Å². The third-order valence-corrected chi connectivity index (χ3v) is 1.26. The van der Waals surface area contributed by atoms with Gasteiger partial charge in [-0.2, -0.15) is 0 Å². The van der Waals surface area contributed by atoms with Crippen LogP contribution in [0, 0.1) is 0 Å². The number of nitrogens with zero attached hydrogens (tertiary/aromatic N) is 1. The fraction of sp³-hybridized carbons (Fsp3) is 0.833. The van der Waals surface area contributed by atoms with E-state index in [4.69, 9.17) is 10.3 Å². The molecule has 0 amide bonds. The van der Waals surface area contributed by atoms with Crippen LogP contribution in [0.1, 0.15) is 26.7 Å². The first-order valence-corrected chi connectivity index (χ1v) is 3.15. The Bertz CT molecular complexity index is 101. The van der Waals surface area contributed by atoms with Gasteiger partial charge in [0.15, 0.2) is 0 Å². The Morgan fingerprint density at radius 2 is 2.11 bits per heavy atom. The van der Waals surface area contributed by atoms with E-state index in [-0.39, 0.29) is 0 Å². The van der Waals surface area contributed by atoms with E-state index in [9.17, 15) is 0 Å². The molecule has 0 heterocycles. The highest BCUT2D eigenvalue weighted by Gasteiger charge is 2.06. The van der Waals surface area contributed by atoms with E-state index in [1.807, 2.05) is 13.8 Å². The first-order valence-electron chi connectivity index (χ1n) is 3.15. The molecule has 0 aromatic heterocycles. The molecule has 1 atom stereocenters. The second-order valence-electron chi connectivity index (χ2n) is 1.87. The maximum absolute atomic E-state index is 9.03. The molecule has 0 aromatic rings. The van der Waals surface area contributed by atoms with Crippen molar-refractivity contribution >= 4 is 5.71 Å². The van der Waals surface area contributed by atoms with E-state index in [0.717, 1.165) is 0 Å². The van der Waals surface area contributed by atoms with Gasteiger partial charge in [-0.1, -0.05) is 19.0 Å². The molecule has 0 aliphatic heterocycles. The van der Waals surface area contributed by atoms with Gasteiger partial charge in [0.2, 0.25) is 0 Å². The van der Waals surface area contributed by atoms with Crippen molar-refractivity contribution < 1.29 is 10.3 Å². The number of aliphatic hydroxyl groups is 1. The maximum Gasteiger partial charge on any atom is 0.0951 e. The highest BCUT2D eigenvalue weighted by atomic mass is 16.4. The first-order chi connectivity index (χ1) is 4.26. The van der Waals surface area contributed by atoms with Gasteiger partial charge < -0.3 is 10.3 Å². The van der Waals surface area contributed by atoms with E-state index < -0.39 is 6.10 Å². The molecule has 0 rings (SSSR count). The number of rotatable bonds is 3. The Morgan fingerprint density at radius 3 is 2.22 bits per heavy atom. The van der Waals surface area contributed by atoms with E-state index in [1.54, 1.807) is 0 Å². The summed E-state index contributed by atoms with van der Waals surface area (Å²) in [5.74, 6) is 0. The van der Waals surface area contributed by atoms with Gasteiger partial charge in [-0.15, -0.1) is 0 Å². The minimum absolute atomic E-state index is 0.456. The molecule has 0 bridgehead atoms. The second-order valence-corrected chi connectivity index (χ2v) is 1.87. The van der Waals surface area contributed by atoms with Crippen LogP contribution in [0.15, 0.2) is 5.16 Å². The van der Waals surface area contributed by atoms with Crippen LogP contribution in [-0.2, 0) is 0 Å². The van der Waals surface area contributed by atoms with Crippen LogP contribution in [0.2, 0.25) is 0 Å². The van der Waals surface area contributed by atoms with Crippen molar-refractivity contribution in [3.8, 4) is 0 Å². The molecule has 0 aromatic carbocycles. The van der Waals surface area contributed by atoms with Gasteiger partial charge in [0.25, 0.3) is 0 Å². The first kappa shape index (κ1) is 8.43. The summed E-state index contributed by atoms with van der Waals surface area (Å²) >= 11 is 0. The zero-order valence-corrected chi connectivity index (χ0v) is 5.83. The van der Waals surface area contributed by atoms with Crippen molar-refractivity contribution in [1.29, 1.82) is 0 Å². The van der Waals surface area contributed by atoms with Crippen LogP contribution in [0.3, 0.4) is 0 Å². The Balaban J connectivity index is 3.80. The lowest BCUT2D eigenvalue weighted by Crippen LogP contribution is -2.18. The minimum Gasteiger partial charge on any atom is -0.411 e. The normalized spacial score (nSPS) is 15.7. The standard InChI is InChI=1S/C6H13NO2/c1-3-5(7-9)6(8)4-2/h6,8-9H,3-4H2,1-2H3. The predicted octanol–water partition coefficient (Wildman–Crippen LogP) is 0.998. The summed E-state index contributed by atoms with van der Waals surface area (Å²) in [6.07, 6.45) is 0.638. The van der Waals surface area contributed by atoms with Gasteiger partial charge in [0.05, 0.1) is 11.8 Å². The third-order valence-electron chi connectivity index (χ3n) is 1.26. The summed E-state index contributed by atoms with van der Waals surface area (Å²) in [7, 11) is 0. The topological polar surface area (TPSA) is 52.8 Å². The quantitative estimate of drug-likeness (QED) is 0.341. The average molecular weight is 131 g/mol. The van der Waals surface area contributed by atoms with Crippen LogP contribution in [0.5, 0.6) is 0 Å². The molecular weight excluding hydrogens is 118 g/mol. The molecule has 54 valence electrons. The number of hydrogen-bond donors (Lipinski definition) is 2. The zero-order chi connectivity index (χ0) is 7.28. The molecule has 2 N–H and O–H groups in total. The van der Waals surface area contributed by atoms with Crippen LogP contribution in [-0.4, -0.2) is 22.1 Å². The Hall–Kier alpha value is -0.570. The highest BCUT2D eigenvalue weighted by Crippen LogP contribution is 1.97. The number of hydrogen-bond acceptors (Lipinski definition) is 3. The third kappa shape index (κ3) is 2.46. The van der Waals surface area contributed by atoms with Crippen molar-refractivity contribution in [2.24, 2.45) is 5.16 Å². The summed E-state index contributed by atoms with van der Waals surface area (Å²) in [6, 6.07) is 0. The van der Waals surface area contributed by atoms with Crippen LogP contribution >= 0.6 is 0 Å². The SMILES string of the molecule is CCC(=NO)C(O)CC. The van der Waals surface area contributed by atoms with E-state index in [0.29, 0.717) is 18.6 Å². The molecule has 0 fully saturated rings. The van der Waals surface area contributed by atoms with Crippen LogP contribution in [0.4, 0.5) is 0 Å². The molecule has 1 unspecified atom stereocenters. The van der Waals surface area contributed by atoms with E-state index in [2.05, 4.69) is 5.16 Å². The second kappa shape index (κ2) is 4.32. The highest BCUT2D eigenvalue weighted by molar-refractivity contribution is 5.87. The number of oxime groups is 1. The minimum atomic E-state index is -0.569. The molecule has 0 saturated carbocycles. The van der Waals surface area contributed by atoms with Crippen LogP contribution in [0.25, 0.3) is 0 Å². The number of aliphatic hydroxyl groups excluding tert-OH is 1. The fourth-order valence-electron chi connectivity index (χ4n) is 0.609. The smallest absolute Gasteiger partial charge is 0.0951 e.